The average Bonchev–Trinajstić information content (AvgIpc) is 2.41. The van der Waals surface area contributed by atoms with Gasteiger partial charge < -0.3 is 20.9 Å². The van der Waals surface area contributed by atoms with Gasteiger partial charge in [-0.25, -0.2) is 0 Å². The molecular weight excluding hydrogens is 228 g/mol. The molecule has 0 aromatic heterocycles. The Hall–Kier alpha value is -0.940. The summed E-state index contributed by atoms with van der Waals surface area (Å²) in [5.74, 6) is 0. The van der Waals surface area contributed by atoms with Crippen LogP contribution in [0.2, 0.25) is 0 Å². The van der Waals surface area contributed by atoms with Crippen molar-refractivity contribution >= 4 is 0 Å². The zero-order chi connectivity index (χ0) is 13.2. The predicted molar refractivity (Wildman–Crippen MR) is 73.3 cm³/mol. The van der Waals surface area contributed by atoms with Crippen LogP contribution in [0.25, 0.3) is 0 Å². The van der Waals surface area contributed by atoms with E-state index >= 15 is 0 Å². The Morgan fingerprint density at radius 3 is 2.56 bits per heavy atom. The van der Waals surface area contributed by atoms with Crippen LogP contribution in [0.4, 0.5) is 0 Å². The van der Waals surface area contributed by atoms with Gasteiger partial charge in [-0.15, -0.1) is 0 Å². The average molecular weight is 252 g/mol. The molecule has 4 N–H and O–H groups in total. The van der Waals surface area contributed by atoms with E-state index in [4.69, 9.17) is 15.6 Å². The molecule has 18 heavy (non-hydrogen) atoms. The van der Waals surface area contributed by atoms with Gasteiger partial charge in [0.05, 0.1) is 6.61 Å². The molecule has 0 saturated carbocycles. The number of aliphatic hydroxyl groups is 1. The Kier molecular flexibility index (Phi) is 7.60. The molecule has 0 amide bonds. The molecule has 1 aromatic rings. The molecule has 0 spiro atoms. The monoisotopic (exact) mass is 252 g/mol. The lowest BCUT2D eigenvalue weighted by molar-refractivity contribution is 0.185. The van der Waals surface area contributed by atoms with Crippen molar-refractivity contribution in [3.63, 3.8) is 0 Å². The summed E-state index contributed by atoms with van der Waals surface area (Å²) in [7, 11) is 1.69. The third-order valence-electron chi connectivity index (χ3n) is 2.90. The fourth-order valence-electron chi connectivity index (χ4n) is 1.86. The van der Waals surface area contributed by atoms with Crippen LogP contribution in [0, 0.1) is 0 Å². The van der Waals surface area contributed by atoms with E-state index < -0.39 is 0 Å². The molecule has 1 rings (SSSR count). The highest BCUT2D eigenvalue weighted by molar-refractivity contribution is 5.25. The summed E-state index contributed by atoms with van der Waals surface area (Å²) in [5.41, 5.74) is 8.14. The fourth-order valence-corrected chi connectivity index (χ4v) is 1.86. The van der Waals surface area contributed by atoms with Crippen LogP contribution >= 0.6 is 0 Å². The first-order valence-electron chi connectivity index (χ1n) is 6.44. The second-order valence-electron chi connectivity index (χ2n) is 4.35. The summed E-state index contributed by atoms with van der Waals surface area (Å²) in [6.45, 7) is 2.34. The number of methoxy groups -OCH3 is 1. The summed E-state index contributed by atoms with van der Waals surface area (Å²) in [6, 6.07) is 8.49. The van der Waals surface area contributed by atoms with Gasteiger partial charge in [0.2, 0.25) is 0 Å². The van der Waals surface area contributed by atoms with E-state index in [9.17, 15) is 0 Å². The maximum Gasteiger partial charge on any atom is 0.0713 e. The van der Waals surface area contributed by atoms with E-state index in [-0.39, 0.29) is 12.6 Å². The molecule has 102 valence electrons. The summed E-state index contributed by atoms with van der Waals surface area (Å²) in [6.07, 6.45) is 1.80. The van der Waals surface area contributed by atoms with E-state index in [0.29, 0.717) is 13.2 Å². The van der Waals surface area contributed by atoms with Gasteiger partial charge in [0.15, 0.2) is 0 Å². The summed E-state index contributed by atoms with van der Waals surface area (Å²) >= 11 is 0. The number of nitrogens with one attached hydrogen (secondary N) is 1. The first kappa shape index (κ1) is 15.1. The minimum Gasteiger partial charge on any atom is -0.396 e. The molecule has 0 fully saturated rings. The maximum atomic E-state index is 8.72. The van der Waals surface area contributed by atoms with Gasteiger partial charge in [-0.3, -0.25) is 0 Å². The van der Waals surface area contributed by atoms with Crippen LogP contribution < -0.4 is 11.1 Å². The van der Waals surface area contributed by atoms with Gasteiger partial charge in [-0.1, -0.05) is 24.3 Å². The van der Waals surface area contributed by atoms with Crippen LogP contribution in [0.3, 0.4) is 0 Å². The molecule has 0 radical (unpaired) electrons. The SMILES string of the molecule is COCc1ccc(C(CN)NCCCCO)cc1. The number of aliphatic hydroxyl groups excluding tert-OH is 1. The molecule has 0 heterocycles. The molecule has 0 bridgehead atoms. The molecule has 1 unspecified atom stereocenters. The lowest BCUT2D eigenvalue weighted by atomic mass is 10.0. The van der Waals surface area contributed by atoms with Gasteiger partial charge in [0.1, 0.15) is 0 Å². The number of ether oxygens (including phenoxy) is 1. The molecule has 0 saturated heterocycles. The number of hydrogen-bond acceptors (Lipinski definition) is 4. The van der Waals surface area contributed by atoms with Crippen molar-refractivity contribution in [3.8, 4) is 0 Å². The van der Waals surface area contributed by atoms with E-state index in [1.54, 1.807) is 7.11 Å². The predicted octanol–water partition coefficient (Wildman–Crippen LogP) is 1.19. The molecule has 0 aliphatic heterocycles. The van der Waals surface area contributed by atoms with Crippen LogP contribution in [-0.4, -0.2) is 31.9 Å². The molecule has 1 aromatic carbocycles. The second kappa shape index (κ2) is 9.05. The number of benzene rings is 1. The highest BCUT2D eigenvalue weighted by Crippen LogP contribution is 2.13. The van der Waals surface area contributed by atoms with Crippen molar-refractivity contribution in [3.05, 3.63) is 35.4 Å². The minimum absolute atomic E-state index is 0.181. The first-order valence-corrected chi connectivity index (χ1v) is 6.44. The van der Waals surface area contributed by atoms with Crippen molar-refractivity contribution in [1.82, 2.24) is 5.32 Å². The van der Waals surface area contributed by atoms with Crippen LogP contribution in [-0.2, 0) is 11.3 Å². The lowest BCUT2D eigenvalue weighted by Crippen LogP contribution is -2.29. The van der Waals surface area contributed by atoms with E-state index in [1.165, 1.54) is 5.56 Å². The van der Waals surface area contributed by atoms with Crippen molar-refractivity contribution in [2.45, 2.75) is 25.5 Å². The normalized spacial score (nSPS) is 12.6. The third kappa shape index (κ3) is 5.14. The zero-order valence-corrected chi connectivity index (χ0v) is 11.1. The van der Waals surface area contributed by atoms with Crippen LogP contribution in [0.5, 0.6) is 0 Å². The van der Waals surface area contributed by atoms with E-state index in [1.807, 2.05) is 0 Å². The molecule has 1 atom stereocenters. The highest BCUT2D eigenvalue weighted by atomic mass is 16.5. The Bertz CT molecular complexity index is 314. The Morgan fingerprint density at radius 2 is 2.00 bits per heavy atom. The largest absolute Gasteiger partial charge is 0.396 e. The van der Waals surface area contributed by atoms with Crippen LogP contribution in [0.1, 0.15) is 30.0 Å². The van der Waals surface area contributed by atoms with Gasteiger partial charge in [0.25, 0.3) is 0 Å². The van der Waals surface area contributed by atoms with Crippen molar-refractivity contribution < 1.29 is 9.84 Å². The number of nitrogens with two attached hydrogens (primary N) is 1. The summed E-state index contributed by atoms with van der Waals surface area (Å²) < 4.78 is 5.08. The van der Waals surface area contributed by atoms with Crippen molar-refractivity contribution in [2.75, 3.05) is 26.8 Å². The molecule has 4 heteroatoms. The topological polar surface area (TPSA) is 67.5 Å². The van der Waals surface area contributed by atoms with Gasteiger partial charge in [-0.2, -0.15) is 0 Å². The maximum absolute atomic E-state index is 8.72. The Balaban J connectivity index is 2.48. The van der Waals surface area contributed by atoms with Crippen LogP contribution in [0.15, 0.2) is 24.3 Å². The molecule has 0 aliphatic rings. The third-order valence-corrected chi connectivity index (χ3v) is 2.90. The van der Waals surface area contributed by atoms with Crippen molar-refractivity contribution in [1.29, 1.82) is 0 Å². The zero-order valence-electron chi connectivity index (χ0n) is 11.1. The summed E-state index contributed by atoms with van der Waals surface area (Å²) in [5, 5.41) is 12.1. The Labute approximate surface area is 109 Å². The standard InChI is InChI=1S/C14H24N2O2/c1-18-11-12-4-6-13(7-5-12)14(10-15)16-8-2-3-9-17/h4-7,14,16-17H,2-3,8-11,15H2,1H3. The highest BCUT2D eigenvalue weighted by Gasteiger charge is 2.08. The van der Waals surface area contributed by atoms with E-state index in [2.05, 4.69) is 29.6 Å². The molecular formula is C14H24N2O2. The van der Waals surface area contributed by atoms with Gasteiger partial charge >= 0.3 is 0 Å². The first-order chi connectivity index (χ1) is 8.81. The molecule has 4 nitrogen and oxygen atoms in total. The number of hydrogen-bond donors (Lipinski definition) is 3. The molecule has 0 aliphatic carbocycles. The minimum atomic E-state index is 0.181. The van der Waals surface area contributed by atoms with Crippen molar-refractivity contribution in [2.24, 2.45) is 5.73 Å². The lowest BCUT2D eigenvalue weighted by Gasteiger charge is -2.17. The number of unbranched alkanes of at least 4 members (excludes halogenated alkanes) is 1. The number of rotatable bonds is 9. The van der Waals surface area contributed by atoms with Gasteiger partial charge in [0, 0.05) is 26.3 Å². The van der Waals surface area contributed by atoms with E-state index in [0.717, 1.165) is 24.9 Å². The smallest absolute Gasteiger partial charge is 0.0713 e. The van der Waals surface area contributed by atoms with Gasteiger partial charge in [-0.05, 0) is 30.5 Å². The Morgan fingerprint density at radius 1 is 1.28 bits per heavy atom. The summed E-state index contributed by atoms with van der Waals surface area (Å²) in [4.78, 5) is 0. The fraction of sp³-hybridized carbons (Fsp3) is 0.571. The quantitative estimate of drug-likeness (QED) is 0.578. The second-order valence-corrected chi connectivity index (χ2v) is 4.35.